The molecule has 1 heteroatoms. The molecule has 0 aromatic heterocycles. The van der Waals surface area contributed by atoms with Gasteiger partial charge in [0.1, 0.15) is 0 Å². The Balaban J connectivity index is 1.78. The summed E-state index contributed by atoms with van der Waals surface area (Å²) in [7, 11) is 2.22. The van der Waals surface area contributed by atoms with E-state index >= 15 is 0 Å². The van der Waals surface area contributed by atoms with Crippen molar-refractivity contribution in [3.8, 4) is 0 Å². The summed E-state index contributed by atoms with van der Waals surface area (Å²) in [6.07, 6.45) is 4.00. The van der Waals surface area contributed by atoms with E-state index in [0.717, 1.165) is 5.92 Å². The highest BCUT2D eigenvalue weighted by atomic mass is 15.1. The minimum absolute atomic E-state index is 0.931. The van der Waals surface area contributed by atoms with Crippen LogP contribution in [0, 0.1) is 5.92 Å². The van der Waals surface area contributed by atoms with Crippen LogP contribution in [0.2, 0.25) is 0 Å². The second-order valence-corrected chi connectivity index (χ2v) is 4.44. The number of nitrogens with zero attached hydrogens (tertiary/aromatic N) is 1. The second-order valence-electron chi connectivity index (χ2n) is 4.44. The minimum atomic E-state index is 0.931. The summed E-state index contributed by atoms with van der Waals surface area (Å²) in [5.74, 6) is 0.931. The number of rotatable bonds is 3. The maximum absolute atomic E-state index is 2.44. The van der Waals surface area contributed by atoms with Gasteiger partial charge in [0.2, 0.25) is 0 Å². The zero-order valence-corrected chi connectivity index (χ0v) is 8.95. The molecule has 0 bridgehead atoms. The molecule has 1 unspecified atom stereocenters. The van der Waals surface area contributed by atoms with Crippen LogP contribution in [-0.2, 0) is 6.42 Å². The van der Waals surface area contributed by atoms with Gasteiger partial charge in [0.25, 0.3) is 0 Å². The summed E-state index contributed by atoms with van der Waals surface area (Å²) in [5.41, 5.74) is 1.49. The Hall–Kier alpha value is -0.820. The molecule has 1 aromatic rings. The minimum Gasteiger partial charge on any atom is -0.306 e. The maximum atomic E-state index is 2.44. The first kappa shape index (κ1) is 9.72. The predicted octanol–water partition coefficient (Wildman–Crippen LogP) is 2.57. The van der Waals surface area contributed by atoms with Gasteiger partial charge in [0.15, 0.2) is 0 Å². The molecule has 0 saturated carbocycles. The van der Waals surface area contributed by atoms with Gasteiger partial charge >= 0.3 is 0 Å². The third-order valence-corrected chi connectivity index (χ3v) is 3.17. The van der Waals surface area contributed by atoms with E-state index in [2.05, 4.69) is 42.3 Å². The van der Waals surface area contributed by atoms with Crippen LogP contribution in [0.5, 0.6) is 0 Å². The van der Waals surface area contributed by atoms with E-state index in [1.165, 1.54) is 37.9 Å². The number of hydrogen-bond donors (Lipinski definition) is 0. The summed E-state index contributed by atoms with van der Waals surface area (Å²) in [5, 5.41) is 0. The fourth-order valence-corrected chi connectivity index (χ4v) is 2.28. The molecular weight excluding hydrogens is 170 g/mol. The van der Waals surface area contributed by atoms with Gasteiger partial charge in [-0.25, -0.2) is 0 Å². The molecule has 76 valence electrons. The lowest BCUT2D eigenvalue weighted by atomic mass is 9.99. The van der Waals surface area contributed by atoms with E-state index in [-0.39, 0.29) is 0 Å². The third-order valence-electron chi connectivity index (χ3n) is 3.17. The largest absolute Gasteiger partial charge is 0.306 e. The second kappa shape index (κ2) is 4.61. The van der Waals surface area contributed by atoms with Gasteiger partial charge < -0.3 is 4.90 Å². The maximum Gasteiger partial charge on any atom is 0.000720 e. The van der Waals surface area contributed by atoms with Gasteiger partial charge in [0.05, 0.1) is 0 Å². The molecule has 0 aliphatic carbocycles. The number of benzene rings is 1. The smallest absolute Gasteiger partial charge is 0.000720 e. The van der Waals surface area contributed by atoms with Gasteiger partial charge in [-0.2, -0.15) is 0 Å². The topological polar surface area (TPSA) is 3.24 Å². The van der Waals surface area contributed by atoms with Gasteiger partial charge in [-0.1, -0.05) is 30.3 Å². The van der Waals surface area contributed by atoms with Crippen molar-refractivity contribution >= 4 is 0 Å². The zero-order valence-electron chi connectivity index (χ0n) is 8.95. The van der Waals surface area contributed by atoms with Crippen molar-refractivity contribution in [2.24, 2.45) is 5.92 Å². The predicted molar refractivity (Wildman–Crippen MR) is 60.4 cm³/mol. The Bertz CT molecular complexity index is 268. The Kier molecular flexibility index (Phi) is 3.20. The Labute approximate surface area is 86.7 Å². The van der Waals surface area contributed by atoms with E-state index in [4.69, 9.17) is 0 Å². The summed E-state index contributed by atoms with van der Waals surface area (Å²) in [6.45, 7) is 2.59. The standard InChI is InChI=1S/C13H19N/c1-14-10-9-13(11-14)8-7-12-5-3-2-4-6-12/h2-6,13H,7-11H2,1H3. The fourth-order valence-electron chi connectivity index (χ4n) is 2.28. The van der Waals surface area contributed by atoms with Crippen LogP contribution in [0.25, 0.3) is 0 Å². The molecule has 0 spiro atoms. The lowest BCUT2D eigenvalue weighted by Gasteiger charge is -2.09. The highest BCUT2D eigenvalue weighted by Crippen LogP contribution is 2.19. The van der Waals surface area contributed by atoms with Crippen molar-refractivity contribution in [1.29, 1.82) is 0 Å². The van der Waals surface area contributed by atoms with Crippen LogP contribution in [0.15, 0.2) is 30.3 Å². The van der Waals surface area contributed by atoms with Crippen molar-refractivity contribution in [3.05, 3.63) is 35.9 Å². The highest BCUT2D eigenvalue weighted by molar-refractivity contribution is 5.14. The lowest BCUT2D eigenvalue weighted by Crippen LogP contribution is -2.14. The van der Waals surface area contributed by atoms with Crippen LogP contribution in [0.1, 0.15) is 18.4 Å². The van der Waals surface area contributed by atoms with Crippen molar-refractivity contribution < 1.29 is 0 Å². The average molecular weight is 189 g/mol. The number of hydrogen-bond acceptors (Lipinski definition) is 1. The summed E-state index contributed by atoms with van der Waals surface area (Å²) in [6, 6.07) is 10.8. The van der Waals surface area contributed by atoms with Crippen molar-refractivity contribution in [1.82, 2.24) is 4.90 Å². The molecule has 1 atom stereocenters. The number of aryl methyl sites for hydroxylation is 1. The van der Waals surface area contributed by atoms with E-state index < -0.39 is 0 Å². The Morgan fingerprint density at radius 1 is 1.29 bits per heavy atom. The van der Waals surface area contributed by atoms with E-state index in [1.54, 1.807) is 0 Å². The molecule has 1 nitrogen and oxygen atoms in total. The Morgan fingerprint density at radius 3 is 2.71 bits per heavy atom. The van der Waals surface area contributed by atoms with Crippen molar-refractivity contribution in [2.45, 2.75) is 19.3 Å². The van der Waals surface area contributed by atoms with E-state index in [1.807, 2.05) is 0 Å². The average Bonchev–Trinajstić information content (AvgIpc) is 2.63. The highest BCUT2D eigenvalue weighted by Gasteiger charge is 2.18. The van der Waals surface area contributed by atoms with Crippen molar-refractivity contribution in [3.63, 3.8) is 0 Å². The summed E-state index contributed by atoms with van der Waals surface area (Å²) in [4.78, 5) is 2.44. The van der Waals surface area contributed by atoms with Gasteiger partial charge in [0, 0.05) is 6.54 Å². The normalized spacial score (nSPS) is 22.8. The fraction of sp³-hybridized carbons (Fsp3) is 0.538. The van der Waals surface area contributed by atoms with Gasteiger partial charge in [-0.15, -0.1) is 0 Å². The van der Waals surface area contributed by atoms with E-state index in [9.17, 15) is 0 Å². The first-order chi connectivity index (χ1) is 6.84. The monoisotopic (exact) mass is 189 g/mol. The SMILES string of the molecule is CN1CCC(CCc2ccccc2)C1. The summed E-state index contributed by atoms with van der Waals surface area (Å²) >= 11 is 0. The molecular formula is C13H19N. The molecule has 1 aromatic carbocycles. The molecule has 0 amide bonds. The quantitative estimate of drug-likeness (QED) is 0.706. The zero-order chi connectivity index (χ0) is 9.80. The van der Waals surface area contributed by atoms with E-state index in [0.29, 0.717) is 0 Å². The first-order valence-electron chi connectivity index (χ1n) is 5.57. The van der Waals surface area contributed by atoms with Crippen LogP contribution in [0.4, 0.5) is 0 Å². The van der Waals surface area contributed by atoms with Gasteiger partial charge in [-0.3, -0.25) is 0 Å². The van der Waals surface area contributed by atoms with Gasteiger partial charge in [-0.05, 0) is 44.3 Å². The third kappa shape index (κ3) is 2.58. The first-order valence-corrected chi connectivity index (χ1v) is 5.57. The molecule has 1 fully saturated rings. The molecule has 1 heterocycles. The molecule has 1 saturated heterocycles. The Morgan fingerprint density at radius 2 is 2.07 bits per heavy atom. The molecule has 1 aliphatic heterocycles. The van der Waals surface area contributed by atoms with Crippen LogP contribution >= 0.6 is 0 Å². The number of likely N-dealkylation sites (tertiary alicyclic amines) is 1. The molecule has 0 radical (unpaired) electrons. The molecule has 0 N–H and O–H groups in total. The van der Waals surface area contributed by atoms with Crippen LogP contribution in [0.3, 0.4) is 0 Å². The van der Waals surface area contributed by atoms with Crippen LogP contribution in [-0.4, -0.2) is 25.0 Å². The molecule has 14 heavy (non-hydrogen) atoms. The van der Waals surface area contributed by atoms with Crippen LogP contribution < -0.4 is 0 Å². The summed E-state index contributed by atoms with van der Waals surface area (Å²) < 4.78 is 0. The molecule has 1 aliphatic rings. The lowest BCUT2D eigenvalue weighted by molar-refractivity contribution is 0.388. The molecule has 2 rings (SSSR count). The van der Waals surface area contributed by atoms with Crippen molar-refractivity contribution in [2.75, 3.05) is 20.1 Å².